The lowest BCUT2D eigenvalue weighted by Gasteiger charge is -2.27. The first-order valence-corrected chi connectivity index (χ1v) is 6.75. The summed E-state index contributed by atoms with van der Waals surface area (Å²) in [4.78, 5) is 8.20. The van der Waals surface area contributed by atoms with Crippen LogP contribution in [0.2, 0.25) is 0 Å². The molecule has 1 aromatic heterocycles. The molecular weight excluding hydrogens is 224 g/mol. The lowest BCUT2D eigenvalue weighted by Crippen LogP contribution is -2.36. The smallest absolute Gasteiger partial charge is 0.115 e. The van der Waals surface area contributed by atoms with Crippen molar-refractivity contribution in [3.8, 4) is 0 Å². The highest BCUT2D eigenvalue weighted by atomic mass is 15.0. The molecule has 0 saturated carbocycles. The summed E-state index contributed by atoms with van der Waals surface area (Å²) in [5.74, 6) is 1.99. The van der Waals surface area contributed by atoms with Gasteiger partial charge in [0.2, 0.25) is 0 Å². The van der Waals surface area contributed by atoms with E-state index in [9.17, 15) is 0 Å². The minimum atomic E-state index is 0.119. The minimum absolute atomic E-state index is 0.119. The lowest BCUT2D eigenvalue weighted by atomic mass is 9.85. The van der Waals surface area contributed by atoms with Gasteiger partial charge in [0.15, 0.2) is 0 Å². The van der Waals surface area contributed by atoms with Crippen molar-refractivity contribution in [3.63, 3.8) is 0 Å². The fourth-order valence-electron chi connectivity index (χ4n) is 2.34. The summed E-state index contributed by atoms with van der Waals surface area (Å²) in [6, 6.07) is 2.04. The number of hydrogen-bond donors (Lipinski definition) is 2. The summed E-state index contributed by atoms with van der Waals surface area (Å²) in [7, 11) is 0. The SMILES string of the molecule is CC(C)C(CNC(CN)c1ccncn1)C(C)C. The second-order valence-corrected chi connectivity index (χ2v) is 5.48. The molecule has 0 aliphatic heterocycles. The van der Waals surface area contributed by atoms with Crippen LogP contribution in [-0.2, 0) is 0 Å². The zero-order valence-electron chi connectivity index (χ0n) is 11.9. The molecule has 0 aromatic carbocycles. The Balaban J connectivity index is 2.59. The predicted molar refractivity (Wildman–Crippen MR) is 75.0 cm³/mol. The molecular formula is C14H26N4. The van der Waals surface area contributed by atoms with Gasteiger partial charge in [0, 0.05) is 12.7 Å². The molecule has 102 valence electrons. The number of aromatic nitrogens is 2. The van der Waals surface area contributed by atoms with Gasteiger partial charge < -0.3 is 11.1 Å². The Labute approximate surface area is 110 Å². The first kappa shape index (κ1) is 15.1. The van der Waals surface area contributed by atoms with E-state index in [4.69, 9.17) is 5.73 Å². The van der Waals surface area contributed by atoms with Crippen molar-refractivity contribution in [1.82, 2.24) is 15.3 Å². The third kappa shape index (κ3) is 4.35. The Hall–Kier alpha value is -1.00. The first-order valence-electron chi connectivity index (χ1n) is 6.75. The molecule has 0 fully saturated rings. The van der Waals surface area contributed by atoms with Crippen LogP contribution in [-0.4, -0.2) is 23.1 Å². The largest absolute Gasteiger partial charge is 0.329 e. The van der Waals surface area contributed by atoms with Crippen LogP contribution in [0.5, 0.6) is 0 Å². The molecule has 0 spiro atoms. The molecule has 3 N–H and O–H groups in total. The Kier molecular flexibility index (Phi) is 6.22. The van der Waals surface area contributed by atoms with Gasteiger partial charge in [-0.3, -0.25) is 0 Å². The maximum absolute atomic E-state index is 5.82. The van der Waals surface area contributed by atoms with Crippen molar-refractivity contribution in [1.29, 1.82) is 0 Å². The van der Waals surface area contributed by atoms with E-state index < -0.39 is 0 Å². The van der Waals surface area contributed by atoms with Gasteiger partial charge in [0.05, 0.1) is 11.7 Å². The molecule has 0 radical (unpaired) electrons. The van der Waals surface area contributed by atoms with E-state index in [-0.39, 0.29) is 6.04 Å². The van der Waals surface area contributed by atoms with Crippen LogP contribution in [0.1, 0.15) is 39.4 Å². The third-order valence-corrected chi connectivity index (χ3v) is 3.51. The van der Waals surface area contributed by atoms with Gasteiger partial charge in [-0.05, 0) is 30.4 Å². The minimum Gasteiger partial charge on any atom is -0.329 e. The Bertz CT molecular complexity index is 316. The zero-order valence-corrected chi connectivity index (χ0v) is 11.9. The number of rotatable bonds is 7. The molecule has 0 amide bonds. The molecule has 0 saturated heterocycles. The fraction of sp³-hybridized carbons (Fsp3) is 0.714. The fourth-order valence-corrected chi connectivity index (χ4v) is 2.34. The summed E-state index contributed by atoms with van der Waals surface area (Å²) in [6.07, 6.45) is 3.33. The van der Waals surface area contributed by atoms with Crippen molar-refractivity contribution >= 4 is 0 Å². The van der Waals surface area contributed by atoms with E-state index in [1.165, 1.54) is 0 Å². The molecule has 1 unspecified atom stereocenters. The maximum Gasteiger partial charge on any atom is 0.115 e. The number of nitrogens with one attached hydrogen (secondary N) is 1. The second kappa shape index (κ2) is 7.44. The molecule has 1 atom stereocenters. The van der Waals surface area contributed by atoms with Gasteiger partial charge >= 0.3 is 0 Å². The van der Waals surface area contributed by atoms with Crippen molar-refractivity contribution in [2.24, 2.45) is 23.5 Å². The lowest BCUT2D eigenvalue weighted by molar-refractivity contribution is 0.265. The third-order valence-electron chi connectivity index (χ3n) is 3.51. The maximum atomic E-state index is 5.82. The van der Waals surface area contributed by atoms with Crippen molar-refractivity contribution in [2.45, 2.75) is 33.7 Å². The van der Waals surface area contributed by atoms with Gasteiger partial charge in [0.1, 0.15) is 6.33 Å². The van der Waals surface area contributed by atoms with E-state index in [2.05, 4.69) is 43.0 Å². The summed E-state index contributed by atoms with van der Waals surface area (Å²) in [5, 5.41) is 3.53. The van der Waals surface area contributed by atoms with Crippen LogP contribution in [0.3, 0.4) is 0 Å². The van der Waals surface area contributed by atoms with Gasteiger partial charge in [-0.15, -0.1) is 0 Å². The van der Waals surface area contributed by atoms with Gasteiger partial charge in [-0.25, -0.2) is 9.97 Å². The average molecular weight is 250 g/mol. The molecule has 18 heavy (non-hydrogen) atoms. The molecule has 4 nitrogen and oxygen atoms in total. The van der Waals surface area contributed by atoms with E-state index in [0.29, 0.717) is 24.3 Å². The Morgan fingerprint density at radius 1 is 1.22 bits per heavy atom. The highest BCUT2D eigenvalue weighted by Crippen LogP contribution is 2.20. The van der Waals surface area contributed by atoms with Crippen molar-refractivity contribution in [2.75, 3.05) is 13.1 Å². The molecule has 4 heteroatoms. The predicted octanol–water partition coefficient (Wildman–Crippen LogP) is 1.99. The highest BCUT2D eigenvalue weighted by molar-refractivity contribution is 5.05. The van der Waals surface area contributed by atoms with Crippen LogP contribution in [0.25, 0.3) is 0 Å². The molecule has 1 rings (SSSR count). The van der Waals surface area contributed by atoms with Gasteiger partial charge in [0.25, 0.3) is 0 Å². The first-order chi connectivity index (χ1) is 8.56. The molecule has 1 heterocycles. The van der Waals surface area contributed by atoms with Crippen LogP contribution in [0.15, 0.2) is 18.6 Å². The van der Waals surface area contributed by atoms with Crippen molar-refractivity contribution in [3.05, 3.63) is 24.3 Å². The Morgan fingerprint density at radius 3 is 2.33 bits per heavy atom. The average Bonchev–Trinajstić information content (AvgIpc) is 2.34. The standard InChI is InChI=1S/C14H26N4/c1-10(2)12(11(3)4)8-17-14(7-15)13-5-6-16-9-18-13/h5-6,9-12,14,17H,7-8,15H2,1-4H3. The van der Waals surface area contributed by atoms with Crippen LogP contribution in [0, 0.1) is 17.8 Å². The van der Waals surface area contributed by atoms with E-state index in [0.717, 1.165) is 12.2 Å². The van der Waals surface area contributed by atoms with Crippen LogP contribution >= 0.6 is 0 Å². The molecule has 0 bridgehead atoms. The highest BCUT2D eigenvalue weighted by Gasteiger charge is 2.19. The molecule has 1 aromatic rings. The molecule has 0 aliphatic rings. The van der Waals surface area contributed by atoms with E-state index in [1.807, 2.05) is 6.07 Å². The Morgan fingerprint density at radius 2 is 1.89 bits per heavy atom. The van der Waals surface area contributed by atoms with Crippen molar-refractivity contribution < 1.29 is 0 Å². The summed E-state index contributed by atoms with van der Waals surface area (Å²) >= 11 is 0. The summed E-state index contributed by atoms with van der Waals surface area (Å²) in [6.45, 7) is 10.6. The van der Waals surface area contributed by atoms with Crippen LogP contribution in [0.4, 0.5) is 0 Å². The van der Waals surface area contributed by atoms with E-state index >= 15 is 0 Å². The normalized spacial score (nSPS) is 13.6. The monoisotopic (exact) mass is 250 g/mol. The second-order valence-electron chi connectivity index (χ2n) is 5.48. The summed E-state index contributed by atoms with van der Waals surface area (Å²) in [5.41, 5.74) is 6.79. The summed E-state index contributed by atoms with van der Waals surface area (Å²) < 4.78 is 0. The van der Waals surface area contributed by atoms with Crippen LogP contribution < -0.4 is 11.1 Å². The molecule has 0 aliphatic carbocycles. The van der Waals surface area contributed by atoms with Gasteiger partial charge in [-0.1, -0.05) is 27.7 Å². The zero-order chi connectivity index (χ0) is 13.5. The van der Waals surface area contributed by atoms with E-state index in [1.54, 1.807) is 12.5 Å². The quantitative estimate of drug-likeness (QED) is 0.777. The number of hydrogen-bond acceptors (Lipinski definition) is 4. The number of nitrogens with zero attached hydrogens (tertiary/aromatic N) is 2. The topological polar surface area (TPSA) is 63.8 Å². The number of nitrogens with two attached hydrogens (primary N) is 1. The van der Waals surface area contributed by atoms with Gasteiger partial charge in [-0.2, -0.15) is 0 Å².